The summed E-state index contributed by atoms with van der Waals surface area (Å²) < 4.78 is 11.5. The second kappa shape index (κ2) is 5.01. The second-order valence-corrected chi connectivity index (χ2v) is 4.46. The van der Waals surface area contributed by atoms with E-state index in [1.165, 1.54) is 7.05 Å². The Kier molecular flexibility index (Phi) is 3.63. The van der Waals surface area contributed by atoms with Crippen molar-refractivity contribution < 1.29 is 19.1 Å². The first-order valence-electron chi connectivity index (χ1n) is 5.97. The maximum atomic E-state index is 11.2. The molecule has 6 nitrogen and oxygen atoms in total. The highest BCUT2D eigenvalue weighted by molar-refractivity contribution is 6.35. The molecule has 0 bridgehead atoms. The van der Waals surface area contributed by atoms with Gasteiger partial charge in [-0.05, 0) is 12.8 Å². The van der Waals surface area contributed by atoms with Crippen LogP contribution in [0.2, 0.25) is 0 Å². The van der Waals surface area contributed by atoms with Gasteiger partial charge in [0.15, 0.2) is 5.79 Å². The number of hydrogen-bond donors (Lipinski definition) is 2. The van der Waals surface area contributed by atoms with Gasteiger partial charge in [-0.15, -0.1) is 0 Å². The van der Waals surface area contributed by atoms with Gasteiger partial charge in [0.1, 0.15) is 6.10 Å². The summed E-state index contributed by atoms with van der Waals surface area (Å²) in [6.07, 6.45) is 3.94. The SMILES string of the molecule is CNC(=O)C(=O)NC[C@H]1COC2(CCCC2)O1. The Hall–Kier alpha value is -1.14. The Balaban J connectivity index is 1.75. The van der Waals surface area contributed by atoms with Crippen LogP contribution in [0.3, 0.4) is 0 Å². The Morgan fingerprint density at radius 1 is 1.29 bits per heavy atom. The zero-order chi connectivity index (χ0) is 12.3. The van der Waals surface area contributed by atoms with Crippen molar-refractivity contribution >= 4 is 11.8 Å². The van der Waals surface area contributed by atoms with Crippen LogP contribution in [0.5, 0.6) is 0 Å². The topological polar surface area (TPSA) is 76.7 Å². The van der Waals surface area contributed by atoms with E-state index in [0.29, 0.717) is 13.2 Å². The molecular weight excluding hydrogens is 224 g/mol. The molecule has 2 N–H and O–H groups in total. The van der Waals surface area contributed by atoms with E-state index in [1.807, 2.05) is 0 Å². The third kappa shape index (κ3) is 2.76. The molecule has 2 rings (SSSR count). The predicted octanol–water partition coefficient (Wildman–Crippen LogP) is -0.466. The molecule has 0 aromatic heterocycles. The lowest BCUT2D eigenvalue weighted by Crippen LogP contribution is -2.42. The minimum Gasteiger partial charge on any atom is -0.351 e. The third-order valence-electron chi connectivity index (χ3n) is 3.20. The number of ether oxygens (including phenoxy) is 2. The second-order valence-electron chi connectivity index (χ2n) is 4.46. The van der Waals surface area contributed by atoms with Crippen LogP contribution in [0.1, 0.15) is 25.7 Å². The highest BCUT2D eigenvalue weighted by Crippen LogP contribution is 2.38. The van der Waals surface area contributed by atoms with Crippen LogP contribution < -0.4 is 10.6 Å². The number of likely N-dealkylation sites (N-methyl/N-ethyl adjacent to an activating group) is 1. The minimum atomic E-state index is -0.639. The van der Waals surface area contributed by atoms with Gasteiger partial charge in [0, 0.05) is 26.4 Å². The van der Waals surface area contributed by atoms with E-state index in [1.54, 1.807) is 0 Å². The van der Waals surface area contributed by atoms with Crippen molar-refractivity contribution in [3.05, 3.63) is 0 Å². The van der Waals surface area contributed by atoms with Crippen molar-refractivity contribution in [2.75, 3.05) is 20.2 Å². The average Bonchev–Trinajstić information content (AvgIpc) is 2.96. The summed E-state index contributed by atoms with van der Waals surface area (Å²) in [7, 11) is 1.42. The molecule has 1 saturated heterocycles. The first kappa shape index (κ1) is 12.3. The van der Waals surface area contributed by atoms with E-state index in [9.17, 15) is 9.59 Å². The van der Waals surface area contributed by atoms with E-state index in [-0.39, 0.29) is 6.10 Å². The molecule has 6 heteroatoms. The smallest absolute Gasteiger partial charge is 0.309 e. The Bertz CT molecular complexity index is 313. The molecule has 2 amide bonds. The van der Waals surface area contributed by atoms with Crippen molar-refractivity contribution in [2.24, 2.45) is 0 Å². The number of rotatable bonds is 2. The predicted molar refractivity (Wildman–Crippen MR) is 59.1 cm³/mol. The van der Waals surface area contributed by atoms with E-state index in [4.69, 9.17) is 9.47 Å². The molecule has 1 aliphatic heterocycles. The van der Waals surface area contributed by atoms with Crippen LogP contribution >= 0.6 is 0 Å². The lowest BCUT2D eigenvalue weighted by Gasteiger charge is -2.21. The first-order valence-corrected chi connectivity index (χ1v) is 5.97. The van der Waals surface area contributed by atoms with Crippen molar-refractivity contribution in [1.82, 2.24) is 10.6 Å². The van der Waals surface area contributed by atoms with Crippen LogP contribution in [0, 0.1) is 0 Å². The molecule has 0 radical (unpaired) electrons. The van der Waals surface area contributed by atoms with Crippen LogP contribution in [-0.4, -0.2) is 43.9 Å². The van der Waals surface area contributed by atoms with Crippen molar-refractivity contribution in [1.29, 1.82) is 0 Å². The Morgan fingerprint density at radius 2 is 2.00 bits per heavy atom. The summed E-state index contributed by atoms with van der Waals surface area (Å²) in [6.45, 7) is 0.794. The molecule has 0 aromatic rings. The van der Waals surface area contributed by atoms with E-state index >= 15 is 0 Å². The highest BCUT2D eigenvalue weighted by Gasteiger charge is 2.43. The van der Waals surface area contributed by atoms with Gasteiger partial charge in [0.2, 0.25) is 0 Å². The van der Waals surface area contributed by atoms with Crippen molar-refractivity contribution in [2.45, 2.75) is 37.6 Å². The molecule has 96 valence electrons. The summed E-state index contributed by atoms with van der Waals surface area (Å²) in [5, 5.41) is 4.79. The van der Waals surface area contributed by atoms with Gasteiger partial charge in [-0.25, -0.2) is 0 Å². The maximum absolute atomic E-state index is 11.2. The van der Waals surface area contributed by atoms with Crippen molar-refractivity contribution in [3.63, 3.8) is 0 Å². The molecule has 17 heavy (non-hydrogen) atoms. The summed E-state index contributed by atoms with van der Waals surface area (Å²) in [6, 6.07) is 0. The molecule has 2 fully saturated rings. The number of carbonyl (C=O) groups is 2. The summed E-state index contributed by atoms with van der Waals surface area (Å²) in [4.78, 5) is 22.2. The van der Waals surface area contributed by atoms with Gasteiger partial charge in [0.05, 0.1) is 6.61 Å². The van der Waals surface area contributed by atoms with E-state index in [0.717, 1.165) is 25.7 Å². The lowest BCUT2D eigenvalue weighted by atomic mass is 10.2. The number of carbonyl (C=O) groups excluding carboxylic acids is 2. The molecule has 1 spiro atoms. The zero-order valence-electron chi connectivity index (χ0n) is 9.95. The normalized spacial score (nSPS) is 26.1. The fraction of sp³-hybridized carbons (Fsp3) is 0.818. The van der Waals surface area contributed by atoms with Crippen LogP contribution in [0.4, 0.5) is 0 Å². The molecule has 1 atom stereocenters. The quantitative estimate of drug-likeness (QED) is 0.642. The lowest BCUT2D eigenvalue weighted by molar-refractivity contribution is -0.161. The van der Waals surface area contributed by atoms with Gasteiger partial charge in [-0.2, -0.15) is 0 Å². The number of amides is 2. The third-order valence-corrected chi connectivity index (χ3v) is 3.20. The maximum Gasteiger partial charge on any atom is 0.309 e. The van der Waals surface area contributed by atoms with Gasteiger partial charge in [0.25, 0.3) is 0 Å². The van der Waals surface area contributed by atoms with Crippen LogP contribution in [0.15, 0.2) is 0 Å². The van der Waals surface area contributed by atoms with Gasteiger partial charge in [-0.1, -0.05) is 0 Å². The molecule has 0 unspecified atom stereocenters. The van der Waals surface area contributed by atoms with Crippen LogP contribution in [-0.2, 0) is 19.1 Å². The van der Waals surface area contributed by atoms with Gasteiger partial charge < -0.3 is 20.1 Å². The standard InChI is InChI=1S/C11H18N2O4/c1-12-9(14)10(15)13-6-8-7-16-11(17-8)4-2-3-5-11/h8H,2-7H2,1H3,(H,12,14)(H,13,15)/t8-/m0/s1. The molecule has 1 heterocycles. The molecular formula is C11H18N2O4. The van der Waals surface area contributed by atoms with Crippen LogP contribution in [0.25, 0.3) is 0 Å². The Labute approximate surface area is 100 Å². The fourth-order valence-electron chi connectivity index (χ4n) is 2.29. The zero-order valence-corrected chi connectivity index (χ0v) is 9.95. The van der Waals surface area contributed by atoms with Crippen molar-refractivity contribution in [3.8, 4) is 0 Å². The summed E-state index contributed by atoms with van der Waals surface area (Å²) >= 11 is 0. The molecule has 2 aliphatic rings. The monoisotopic (exact) mass is 242 g/mol. The summed E-state index contributed by atoms with van der Waals surface area (Å²) in [5.41, 5.74) is 0. The fourth-order valence-corrected chi connectivity index (χ4v) is 2.29. The summed E-state index contributed by atoms with van der Waals surface area (Å²) in [5.74, 6) is -1.69. The van der Waals surface area contributed by atoms with E-state index in [2.05, 4.69) is 10.6 Å². The first-order chi connectivity index (χ1) is 8.15. The number of nitrogens with one attached hydrogen (secondary N) is 2. The van der Waals surface area contributed by atoms with Gasteiger partial charge in [-0.3, -0.25) is 9.59 Å². The molecule has 1 aliphatic carbocycles. The highest BCUT2D eigenvalue weighted by atomic mass is 16.7. The van der Waals surface area contributed by atoms with Gasteiger partial charge >= 0.3 is 11.8 Å². The minimum absolute atomic E-state index is 0.151. The molecule has 0 aromatic carbocycles. The molecule has 1 saturated carbocycles. The number of hydrogen-bond acceptors (Lipinski definition) is 4. The average molecular weight is 242 g/mol. The Morgan fingerprint density at radius 3 is 2.65 bits per heavy atom. The largest absolute Gasteiger partial charge is 0.351 e. The van der Waals surface area contributed by atoms with E-state index < -0.39 is 17.6 Å².